The summed E-state index contributed by atoms with van der Waals surface area (Å²) in [4.78, 5) is 15.1. The molecule has 106 valence electrons. The predicted octanol–water partition coefficient (Wildman–Crippen LogP) is 1.91. The van der Waals surface area contributed by atoms with E-state index in [1.54, 1.807) is 16.2 Å². The van der Waals surface area contributed by atoms with Crippen LogP contribution in [0.2, 0.25) is 0 Å². The molecule has 0 saturated carbocycles. The van der Waals surface area contributed by atoms with Crippen molar-refractivity contribution in [1.82, 2.24) is 4.90 Å². The van der Waals surface area contributed by atoms with E-state index in [0.29, 0.717) is 31.8 Å². The highest BCUT2D eigenvalue weighted by Crippen LogP contribution is 2.12. The van der Waals surface area contributed by atoms with Crippen molar-refractivity contribution >= 4 is 23.1 Å². The van der Waals surface area contributed by atoms with Crippen LogP contribution in [-0.4, -0.2) is 34.9 Å². The molecule has 1 aromatic rings. The SMILES string of the molecule is CC(C)CN(CCC(N)=NO)C(=O)Cc1cccs1. The molecule has 6 heteroatoms. The van der Waals surface area contributed by atoms with E-state index < -0.39 is 0 Å². The fourth-order valence-corrected chi connectivity index (χ4v) is 2.43. The van der Waals surface area contributed by atoms with Crippen LogP contribution < -0.4 is 5.73 Å². The predicted molar refractivity (Wildman–Crippen MR) is 77.5 cm³/mol. The summed E-state index contributed by atoms with van der Waals surface area (Å²) >= 11 is 1.58. The zero-order valence-corrected chi connectivity index (χ0v) is 12.2. The average molecular weight is 283 g/mol. The molecule has 0 aromatic carbocycles. The Balaban J connectivity index is 2.59. The number of hydrogen-bond acceptors (Lipinski definition) is 4. The van der Waals surface area contributed by atoms with Gasteiger partial charge in [-0.05, 0) is 17.4 Å². The highest BCUT2D eigenvalue weighted by atomic mass is 32.1. The van der Waals surface area contributed by atoms with E-state index in [0.717, 1.165) is 4.88 Å². The van der Waals surface area contributed by atoms with Crippen molar-refractivity contribution in [2.24, 2.45) is 16.8 Å². The molecule has 0 atom stereocenters. The number of carbonyl (C=O) groups is 1. The molecule has 1 aromatic heterocycles. The summed E-state index contributed by atoms with van der Waals surface area (Å²) in [7, 11) is 0. The van der Waals surface area contributed by atoms with Crippen LogP contribution in [-0.2, 0) is 11.2 Å². The number of rotatable bonds is 7. The van der Waals surface area contributed by atoms with E-state index >= 15 is 0 Å². The number of amides is 1. The standard InChI is InChI=1S/C13H21N3O2S/c1-10(2)9-16(6-5-12(14)15-18)13(17)8-11-4-3-7-19-11/h3-4,7,10,18H,5-6,8-9H2,1-2H3,(H2,14,15). The lowest BCUT2D eigenvalue weighted by atomic mass is 10.2. The normalized spacial score (nSPS) is 11.8. The number of carbonyl (C=O) groups excluding carboxylic acids is 1. The first kappa shape index (κ1) is 15.5. The first-order valence-corrected chi connectivity index (χ1v) is 7.17. The molecule has 0 saturated heterocycles. The van der Waals surface area contributed by atoms with E-state index in [2.05, 4.69) is 19.0 Å². The molecule has 19 heavy (non-hydrogen) atoms. The maximum Gasteiger partial charge on any atom is 0.227 e. The van der Waals surface area contributed by atoms with Gasteiger partial charge in [-0.15, -0.1) is 11.3 Å². The van der Waals surface area contributed by atoms with Crippen molar-refractivity contribution in [3.05, 3.63) is 22.4 Å². The Morgan fingerprint density at radius 2 is 2.32 bits per heavy atom. The topological polar surface area (TPSA) is 78.9 Å². The van der Waals surface area contributed by atoms with Crippen molar-refractivity contribution in [2.75, 3.05) is 13.1 Å². The molecular formula is C13H21N3O2S. The number of nitrogens with zero attached hydrogens (tertiary/aromatic N) is 2. The molecule has 0 spiro atoms. The van der Waals surface area contributed by atoms with Gasteiger partial charge >= 0.3 is 0 Å². The summed E-state index contributed by atoms with van der Waals surface area (Å²) in [6, 6.07) is 3.90. The fraction of sp³-hybridized carbons (Fsp3) is 0.538. The van der Waals surface area contributed by atoms with Gasteiger partial charge in [-0.25, -0.2) is 0 Å². The van der Waals surface area contributed by atoms with Crippen LogP contribution in [0.3, 0.4) is 0 Å². The zero-order valence-electron chi connectivity index (χ0n) is 11.4. The Labute approximate surface area is 117 Å². The third-order valence-electron chi connectivity index (χ3n) is 2.61. The monoisotopic (exact) mass is 283 g/mol. The molecule has 0 aliphatic carbocycles. The average Bonchev–Trinajstić information content (AvgIpc) is 2.86. The zero-order chi connectivity index (χ0) is 14.3. The largest absolute Gasteiger partial charge is 0.409 e. The summed E-state index contributed by atoms with van der Waals surface area (Å²) < 4.78 is 0. The van der Waals surface area contributed by atoms with E-state index in [1.807, 2.05) is 17.5 Å². The van der Waals surface area contributed by atoms with Gasteiger partial charge in [-0.1, -0.05) is 25.1 Å². The van der Waals surface area contributed by atoms with Gasteiger partial charge in [0.05, 0.1) is 6.42 Å². The third kappa shape index (κ3) is 5.74. The maximum absolute atomic E-state index is 12.2. The summed E-state index contributed by atoms with van der Waals surface area (Å²) in [5.74, 6) is 0.624. The molecule has 1 rings (SSSR count). The van der Waals surface area contributed by atoms with E-state index in [1.165, 1.54) is 0 Å². The van der Waals surface area contributed by atoms with Crippen molar-refractivity contribution in [3.63, 3.8) is 0 Å². The first-order valence-electron chi connectivity index (χ1n) is 6.29. The van der Waals surface area contributed by atoms with Crippen LogP contribution in [0, 0.1) is 5.92 Å². The van der Waals surface area contributed by atoms with Crippen molar-refractivity contribution in [2.45, 2.75) is 26.7 Å². The number of nitrogens with two attached hydrogens (primary N) is 1. The molecule has 0 bridgehead atoms. The second kappa shape index (κ2) is 7.78. The molecule has 0 unspecified atom stereocenters. The maximum atomic E-state index is 12.2. The van der Waals surface area contributed by atoms with Crippen LogP contribution in [0.5, 0.6) is 0 Å². The Kier molecular flexibility index (Phi) is 6.35. The second-order valence-corrected chi connectivity index (χ2v) is 5.86. The molecule has 1 amide bonds. The minimum atomic E-state index is 0.0851. The lowest BCUT2D eigenvalue weighted by Crippen LogP contribution is -2.37. The van der Waals surface area contributed by atoms with Gasteiger partial charge in [0.2, 0.25) is 5.91 Å². The Hall–Kier alpha value is -1.56. The molecular weight excluding hydrogens is 262 g/mol. The fourth-order valence-electron chi connectivity index (χ4n) is 1.73. The lowest BCUT2D eigenvalue weighted by molar-refractivity contribution is -0.130. The van der Waals surface area contributed by atoms with Gasteiger partial charge in [-0.3, -0.25) is 4.79 Å². The van der Waals surface area contributed by atoms with Gasteiger partial charge in [0.25, 0.3) is 0 Å². The quantitative estimate of drug-likeness (QED) is 0.347. The summed E-state index contributed by atoms with van der Waals surface area (Å²) in [6.45, 7) is 5.30. The van der Waals surface area contributed by atoms with E-state index in [-0.39, 0.29) is 11.7 Å². The van der Waals surface area contributed by atoms with E-state index in [4.69, 9.17) is 10.9 Å². The third-order valence-corrected chi connectivity index (χ3v) is 3.49. The minimum absolute atomic E-state index is 0.0851. The lowest BCUT2D eigenvalue weighted by Gasteiger charge is -2.24. The van der Waals surface area contributed by atoms with Crippen molar-refractivity contribution in [1.29, 1.82) is 0 Å². The Bertz CT molecular complexity index is 416. The van der Waals surface area contributed by atoms with E-state index in [9.17, 15) is 4.79 Å². The van der Waals surface area contributed by atoms with Gasteiger partial charge in [-0.2, -0.15) is 0 Å². The van der Waals surface area contributed by atoms with Crippen LogP contribution >= 0.6 is 11.3 Å². The molecule has 5 nitrogen and oxygen atoms in total. The Morgan fingerprint density at radius 1 is 1.58 bits per heavy atom. The molecule has 3 N–H and O–H groups in total. The van der Waals surface area contributed by atoms with Crippen molar-refractivity contribution < 1.29 is 10.0 Å². The van der Waals surface area contributed by atoms with Gasteiger partial charge in [0.15, 0.2) is 0 Å². The van der Waals surface area contributed by atoms with Gasteiger partial charge in [0.1, 0.15) is 5.84 Å². The molecule has 0 aliphatic heterocycles. The first-order chi connectivity index (χ1) is 9.02. The smallest absolute Gasteiger partial charge is 0.227 e. The molecule has 1 heterocycles. The number of oxime groups is 1. The summed E-state index contributed by atoms with van der Waals surface area (Å²) in [5, 5.41) is 13.4. The summed E-state index contributed by atoms with van der Waals surface area (Å²) in [5.41, 5.74) is 5.45. The number of thiophene rings is 1. The molecule has 0 fully saturated rings. The van der Waals surface area contributed by atoms with Crippen LogP contribution in [0.4, 0.5) is 0 Å². The second-order valence-electron chi connectivity index (χ2n) is 4.83. The van der Waals surface area contributed by atoms with Crippen LogP contribution in [0.25, 0.3) is 0 Å². The van der Waals surface area contributed by atoms with Crippen molar-refractivity contribution in [3.8, 4) is 0 Å². The minimum Gasteiger partial charge on any atom is -0.409 e. The number of hydrogen-bond donors (Lipinski definition) is 2. The summed E-state index contributed by atoms with van der Waals surface area (Å²) in [6.07, 6.45) is 0.806. The van der Waals surface area contributed by atoms with Gasteiger partial charge in [0, 0.05) is 24.4 Å². The highest BCUT2D eigenvalue weighted by Gasteiger charge is 2.16. The Morgan fingerprint density at radius 3 is 2.84 bits per heavy atom. The molecule has 0 aliphatic rings. The van der Waals surface area contributed by atoms with Gasteiger partial charge < -0.3 is 15.8 Å². The number of amidine groups is 1. The molecule has 0 radical (unpaired) electrons. The van der Waals surface area contributed by atoms with Crippen LogP contribution in [0.15, 0.2) is 22.7 Å². The highest BCUT2D eigenvalue weighted by molar-refractivity contribution is 7.10. The van der Waals surface area contributed by atoms with Crippen LogP contribution in [0.1, 0.15) is 25.1 Å².